The fraction of sp³-hybridized carbons (Fsp3) is 0.406. The summed E-state index contributed by atoms with van der Waals surface area (Å²) < 4.78 is 34.0. The number of anilines is 1. The zero-order valence-corrected chi connectivity index (χ0v) is 26.0. The number of nitrogens with one attached hydrogen (secondary N) is 1. The first-order valence-corrected chi connectivity index (χ1v) is 15.3. The van der Waals surface area contributed by atoms with Gasteiger partial charge in [0, 0.05) is 39.3 Å². The maximum Gasteiger partial charge on any atom is 0.344 e. The molecule has 3 aromatic carbocycles. The Labute approximate surface area is 245 Å². The van der Waals surface area contributed by atoms with Crippen molar-refractivity contribution in [2.24, 2.45) is 5.92 Å². The molecule has 0 saturated carbocycles. The van der Waals surface area contributed by atoms with Crippen LogP contribution in [0.25, 0.3) is 0 Å². The number of quaternary nitrogens is 1. The largest absolute Gasteiger partial charge is 0.497 e. The number of carbonyl (C=O) groups is 1. The van der Waals surface area contributed by atoms with Crippen molar-refractivity contribution in [1.82, 2.24) is 4.31 Å². The molecule has 0 radical (unpaired) electrons. The molecule has 0 heterocycles. The van der Waals surface area contributed by atoms with Crippen molar-refractivity contribution < 1.29 is 28.0 Å². The molecule has 0 aliphatic heterocycles. The third-order valence-corrected chi connectivity index (χ3v) is 9.15. The average Bonchev–Trinajstić information content (AvgIpc) is 2.95. The molecule has 9 heteroatoms. The van der Waals surface area contributed by atoms with Crippen LogP contribution in [0.5, 0.6) is 5.75 Å². The van der Waals surface area contributed by atoms with Gasteiger partial charge in [-0.3, -0.25) is 4.90 Å². The van der Waals surface area contributed by atoms with Crippen LogP contribution >= 0.6 is 0 Å². The molecule has 0 bridgehead atoms. The molecule has 222 valence electrons. The van der Waals surface area contributed by atoms with Crippen LogP contribution in [0.4, 0.5) is 5.69 Å². The molecule has 8 nitrogen and oxygen atoms in total. The molecule has 3 rings (SSSR count). The third kappa shape index (κ3) is 8.16. The second-order valence-corrected chi connectivity index (χ2v) is 13.1. The number of methoxy groups -OCH3 is 1. The topological polar surface area (TPSA) is 91.6 Å². The van der Waals surface area contributed by atoms with Gasteiger partial charge in [0.2, 0.25) is 10.0 Å². The fourth-order valence-corrected chi connectivity index (χ4v) is 6.54. The van der Waals surface area contributed by atoms with Gasteiger partial charge in [0.15, 0.2) is 0 Å². The number of likely N-dealkylation sites (N-methyl/N-ethyl adjacent to an activating group) is 1. The number of nitrogens with zero attached hydrogens (tertiary/aromatic N) is 2. The van der Waals surface area contributed by atoms with Gasteiger partial charge in [-0.25, -0.2) is 13.2 Å². The minimum atomic E-state index is -3.92. The van der Waals surface area contributed by atoms with E-state index in [2.05, 4.69) is 0 Å². The van der Waals surface area contributed by atoms with E-state index < -0.39 is 22.2 Å². The molecule has 41 heavy (non-hydrogen) atoms. The van der Waals surface area contributed by atoms with E-state index in [1.807, 2.05) is 88.3 Å². The molecule has 0 aromatic heterocycles. The van der Waals surface area contributed by atoms with E-state index in [4.69, 9.17) is 4.74 Å². The Morgan fingerprint density at radius 1 is 0.976 bits per heavy atom. The normalized spacial score (nSPS) is 14.1. The Kier molecular flexibility index (Phi) is 11.1. The van der Waals surface area contributed by atoms with Crippen molar-refractivity contribution >= 4 is 21.6 Å². The summed E-state index contributed by atoms with van der Waals surface area (Å²) in [4.78, 5) is 16.4. The predicted molar refractivity (Wildman–Crippen MR) is 163 cm³/mol. The van der Waals surface area contributed by atoms with Crippen molar-refractivity contribution in [2.75, 3.05) is 46.2 Å². The van der Waals surface area contributed by atoms with Crippen LogP contribution in [-0.2, 0) is 16.4 Å². The number of aryl methyl sites for hydroxylation is 1. The summed E-state index contributed by atoms with van der Waals surface area (Å²) >= 11 is 0. The van der Waals surface area contributed by atoms with E-state index >= 15 is 0 Å². The van der Waals surface area contributed by atoms with Crippen LogP contribution in [0.2, 0.25) is 0 Å². The number of aliphatic hydroxyl groups is 1. The molecule has 0 aliphatic carbocycles. The first-order valence-electron chi connectivity index (χ1n) is 13.9. The number of hydrogen-bond donors (Lipinski definition) is 2. The standard InChI is InChI=1S/C32H43N3O5S/c1-23(2)21-35(41(38,39)28-16-14-27(40-7)15-17-28)22-31(36)30(20-25-11-9-8-10-12-25)34(6)32(37)29-18-13-26(33(4)5)19-24(29)3/h8-19,23,30-31,36H,20-22H2,1-7H3/p+1/t30-,31+/m0/s1. The van der Waals surface area contributed by atoms with Crippen LogP contribution in [0.15, 0.2) is 77.7 Å². The van der Waals surface area contributed by atoms with Crippen molar-refractivity contribution in [3.8, 4) is 5.75 Å². The molecule has 3 aromatic rings. The highest BCUT2D eigenvalue weighted by molar-refractivity contribution is 7.89. The molecule has 0 fully saturated rings. The molecular formula is C32H44N3O5S+. The van der Waals surface area contributed by atoms with Crippen LogP contribution in [0, 0.1) is 12.8 Å². The lowest BCUT2D eigenvalue weighted by molar-refractivity contribution is -0.825. The van der Waals surface area contributed by atoms with Gasteiger partial charge < -0.3 is 14.7 Å². The summed E-state index contributed by atoms with van der Waals surface area (Å²) in [6.07, 6.45) is -0.723. The lowest BCUT2D eigenvalue weighted by atomic mass is 9.98. The summed E-state index contributed by atoms with van der Waals surface area (Å²) in [5.41, 5.74) is 3.36. The van der Waals surface area contributed by atoms with Gasteiger partial charge in [-0.15, -0.1) is 0 Å². The number of amides is 1. The van der Waals surface area contributed by atoms with Crippen molar-refractivity contribution in [3.63, 3.8) is 0 Å². The third-order valence-electron chi connectivity index (χ3n) is 7.30. The van der Waals surface area contributed by atoms with E-state index in [1.165, 1.54) is 23.5 Å². The molecule has 1 amide bonds. The van der Waals surface area contributed by atoms with E-state index in [1.54, 1.807) is 19.2 Å². The lowest BCUT2D eigenvalue weighted by Gasteiger charge is -2.32. The Balaban J connectivity index is 1.96. The van der Waals surface area contributed by atoms with Gasteiger partial charge in [0.1, 0.15) is 17.9 Å². The molecule has 3 atom stereocenters. The van der Waals surface area contributed by atoms with Gasteiger partial charge in [0.25, 0.3) is 0 Å². The van der Waals surface area contributed by atoms with E-state index in [0.29, 0.717) is 22.6 Å². The van der Waals surface area contributed by atoms with Crippen LogP contribution in [-0.4, -0.2) is 77.2 Å². The van der Waals surface area contributed by atoms with Gasteiger partial charge >= 0.3 is 5.91 Å². The maximum atomic E-state index is 13.8. The first kappa shape index (κ1) is 32.3. The first-order chi connectivity index (χ1) is 19.3. The number of ether oxygens (including phenoxy) is 1. The number of benzene rings is 3. The van der Waals surface area contributed by atoms with Crippen molar-refractivity contribution in [2.45, 2.75) is 44.2 Å². The van der Waals surface area contributed by atoms with Crippen molar-refractivity contribution in [3.05, 3.63) is 89.5 Å². The monoisotopic (exact) mass is 582 g/mol. The number of carbonyl (C=O) groups excluding carboxylic acids is 1. The summed E-state index contributed by atoms with van der Waals surface area (Å²) in [5.74, 6) is 0.425. The second-order valence-electron chi connectivity index (χ2n) is 11.2. The van der Waals surface area contributed by atoms with Gasteiger partial charge in [-0.1, -0.05) is 44.2 Å². The van der Waals surface area contributed by atoms with E-state index in [0.717, 1.165) is 16.8 Å². The summed E-state index contributed by atoms with van der Waals surface area (Å²) in [6, 6.07) is 21.0. The van der Waals surface area contributed by atoms with E-state index in [-0.39, 0.29) is 29.8 Å². The van der Waals surface area contributed by atoms with E-state index in [9.17, 15) is 18.3 Å². The van der Waals surface area contributed by atoms with Crippen molar-refractivity contribution in [1.29, 1.82) is 0 Å². The minimum Gasteiger partial charge on any atom is -0.497 e. The molecule has 0 aliphatic rings. The molecular weight excluding hydrogens is 538 g/mol. The number of rotatable bonds is 13. The molecule has 0 saturated heterocycles. The highest BCUT2D eigenvalue weighted by Crippen LogP contribution is 2.22. The Morgan fingerprint density at radius 2 is 1.61 bits per heavy atom. The smallest absolute Gasteiger partial charge is 0.344 e. The highest BCUT2D eigenvalue weighted by atomic mass is 32.2. The quantitative estimate of drug-likeness (QED) is 0.322. The number of hydrogen-bond acceptors (Lipinski definition) is 6. The van der Waals surface area contributed by atoms with Gasteiger partial charge in [-0.2, -0.15) is 4.31 Å². The zero-order valence-electron chi connectivity index (χ0n) is 25.2. The maximum absolute atomic E-state index is 13.8. The SMILES string of the molecule is COc1ccc(S(=O)(=O)N(CC(C)C)C[C@@H](O)[C@H](Cc2ccccc2)[NH+](C)C(=O)c2ccc(N(C)C)cc2C)cc1. The average molecular weight is 583 g/mol. The minimum absolute atomic E-state index is 0.0207. The number of aliphatic hydroxyl groups excluding tert-OH is 1. The molecule has 2 N–H and O–H groups in total. The van der Waals surface area contributed by atoms with Gasteiger partial charge in [-0.05, 0) is 66.4 Å². The van der Waals surface area contributed by atoms with Crippen LogP contribution < -0.4 is 14.5 Å². The van der Waals surface area contributed by atoms with Gasteiger partial charge in [0.05, 0.1) is 24.6 Å². The predicted octanol–water partition coefficient (Wildman–Crippen LogP) is 3.04. The van der Waals surface area contributed by atoms with Crippen LogP contribution in [0.1, 0.15) is 35.3 Å². The summed E-state index contributed by atoms with van der Waals surface area (Å²) in [7, 11) is 3.25. The summed E-state index contributed by atoms with van der Waals surface area (Å²) in [6.45, 7) is 5.85. The van der Waals surface area contributed by atoms with Crippen LogP contribution in [0.3, 0.4) is 0 Å². The highest BCUT2D eigenvalue weighted by Gasteiger charge is 2.37. The lowest BCUT2D eigenvalue weighted by Crippen LogP contribution is -3.17. The Hall–Kier alpha value is -3.24. The molecule has 0 spiro atoms. The summed E-state index contributed by atoms with van der Waals surface area (Å²) in [5, 5.41) is 11.7. The molecule has 1 unspecified atom stereocenters. The zero-order chi connectivity index (χ0) is 30.3. The fourth-order valence-electron chi connectivity index (χ4n) is 4.92. The number of sulfonamides is 1. The Bertz CT molecular complexity index is 1390. The Morgan fingerprint density at radius 3 is 2.15 bits per heavy atom. The second kappa shape index (κ2) is 14.1.